The normalized spacial score (nSPS) is 6.86. The first-order valence-corrected chi connectivity index (χ1v) is 1.85. The smallest absolute Gasteiger partial charge is 0.0267 e. The van der Waals surface area contributed by atoms with Crippen molar-refractivity contribution in [3.63, 3.8) is 0 Å². The van der Waals surface area contributed by atoms with Gasteiger partial charge in [-0.05, 0) is 12.1 Å². The molecule has 7 heavy (non-hydrogen) atoms. The number of hydrogen-bond donors (Lipinski definition) is 0. The van der Waals surface area contributed by atoms with Crippen LogP contribution in [0.2, 0.25) is 0 Å². The summed E-state index contributed by atoms with van der Waals surface area (Å²) in [6.07, 6.45) is 3.50. The van der Waals surface area contributed by atoms with E-state index < -0.39 is 0 Å². The van der Waals surface area contributed by atoms with Crippen LogP contribution in [-0.2, 0) is 22.4 Å². The third-order valence-electron chi connectivity index (χ3n) is 0.566. The first-order valence-electron chi connectivity index (χ1n) is 1.85. The summed E-state index contributed by atoms with van der Waals surface area (Å²) in [6.45, 7) is 0. The number of nitrogens with zero attached hydrogens (tertiary/aromatic N) is 1. The van der Waals surface area contributed by atoms with Crippen LogP contribution in [0, 0.1) is 0 Å². The minimum atomic E-state index is 0. The second-order valence-electron chi connectivity index (χ2n) is 1.02. The molecule has 0 bridgehead atoms. The van der Waals surface area contributed by atoms with E-state index in [4.69, 9.17) is 0 Å². The molecule has 41 valence electrons. The molecule has 1 heterocycles. The van der Waals surface area contributed by atoms with Gasteiger partial charge in [0.25, 0.3) is 0 Å². The standard InChI is InChI=1S/C5H5N.Au/c1-2-4-6-5-3-1;/h1-5H;. The van der Waals surface area contributed by atoms with Gasteiger partial charge in [-0.3, -0.25) is 4.98 Å². The molecule has 0 unspecified atom stereocenters. The summed E-state index contributed by atoms with van der Waals surface area (Å²) in [5.74, 6) is 0. The van der Waals surface area contributed by atoms with Crippen LogP contribution < -0.4 is 0 Å². The van der Waals surface area contributed by atoms with Crippen LogP contribution in [-0.4, -0.2) is 4.98 Å². The Labute approximate surface area is 58.3 Å². The van der Waals surface area contributed by atoms with Gasteiger partial charge < -0.3 is 0 Å². The van der Waals surface area contributed by atoms with Gasteiger partial charge in [0.2, 0.25) is 0 Å². The summed E-state index contributed by atoms with van der Waals surface area (Å²) >= 11 is 0. The van der Waals surface area contributed by atoms with E-state index >= 15 is 0 Å². The molecule has 2 heteroatoms. The molecule has 1 nitrogen and oxygen atoms in total. The molecule has 1 rings (SSSR count). The average molecular weight is 276 g/mol. The molecule has 0 atom stereocenters. The van der Waals surface area contributed by atoms with Gasteiger partial charge in [-0.2, -0.15) is 0 Å². The molecule has 1 aromatic heterocycles. The van der Waals surface area contributed by atoms with E-state index in [1.165, 1.54) is 0 Å². The van der Waals surface area contributed by atoms with Crippen molar-refractivity contribution >= 4 is 0 Å². The average Bonchev–Trinajstić information content (AvgIpc) is 1.72. The third-order valence-corrected chi connectivity index (χ3v) is 0.566. The van der Waals surface area contributed by atoms with Crippen molar-refractivity contribution in [2.24, 2.45) is 0 Å². The van der Waals surface area contributed by atoms with Crippen LogP contribution in [0.3, 0.4) is 0 Å². The first-order chi connectivity index (χ1) is 3.00. The Morgan fingerprint density at radius 3 is 1.57 bits per heavy atom. The van der Waals surface area contributed by atoms with E-state index in [9.17, 15) is 0 Å². The molecular formula is C5H5AuN. The van der Waals surface area contributed by atoms with E-state index in [1.807, 2.05) is 18.2 Å². The predicted octanol–water partition coefficient (Wildman–Crippen LogP) is 1.08. The minimum absolute atomic E-state index is 0. The number of hydrogen-bond acceptors (Lipinski definition) is 1. The molecule has 0 saturated heterocycles. The summed E-state index contributed by atoms with van der Waals surface area (Å²) in [5, 5.41) is 0. The zero-order valence-electron chi connectivity index (χ0n) is 3.64. The van der Waals surface area contributed by atoms with E-state index in [0.29, 0.717) is 0 Å². The van der Waals surface area contributed by atoms with Gasteiger partial charge in [0.05, 0.1) is 0 Å². The molecule has 0 aliphatic rings. The fourth-order valence-electron chi connectivity index (χ4n) is 0.313. The molecule has 1 radical (unpaired) electrons. The minimum Gasteiger partial charge on any atom is -0.265 e. The van der Waals surface area contributed by atoms with Gasteiger partial charge in [-0.15, -0.1) is 0 Å². The van der Waals surface area contributed by atoms with Crippen LogP contribution in [0.1, 0.15) is 0 Å². The zero-order valence-corrected chi connectivity index (χ0v) is 5.80. The Balaban J connectivity index is 0.000000360. The summed E-state index contributed by atoms with van der Waals surface area (Å²) in [7, 11) is 0. The fraction of sp³-hybridized carbons (Fsp3) is 0. The topological polar surface area (TPSA) is 12.9 Å². The van der Waals surface area contributed by atoms with Crippen molar-refractivity contribution in [3.8, 4) is 0 Å². The quantitative estimate of drug-likeness (QED) is 0.646. The Bertz CT molecular complexity index is 80.0. The number of pyridine rings is 1. The largest absolute Gasteiger partial charge is 0.265 e. The molecule has 0 aliphatic heterocycles. The van der Waals surface area contributed by atoms with E-state index in [1.54, 1.807) is 12.4 Å². The molecule has 0 aliphatic carbocycles. The van der Waals surface area contributed by atoms with Gasteiger partial charge >= 0.3 is 0 Å². The van der Waals surface area contributed by atoms with Crippen molar-refractivity contribution < 1.29 is 22.4 Å². The van der Waals surface area contributed by atoms with E-state index in [0.717, 1.165) is 0 Å². The van der Waals surface area contributed by atoms with Crippen molar-refractivity contribution in [1.82, 2.24) is 4.98 Å². The van der Waals surface area contributed by atoms with Gasteiger partial charge in [0.1, 0.15) is 0 Å². The SMILES string of the molecule is [Au].c1ccncc1. The van der Waals surface area contributed by atoms with Crippen molar-refractivity contribution in [2.45, 2.75) is 0 Å². The van der Waals surface area contributed by atoms with Gasteiger partial charge in [0.15, 0.2) is 0 Å². The molecular weight excluding hydrogens is 271 g/mol. The third kappa shape index (κ3) is 2.57. The summed E-state index contributed by atoms with van der Waals surface area (Å²) in [5.41, 5.74) is 0. The molecule has 0 spiro atoms. The maximum atomic E-state index is 3.78. The van der Waals surface area contributed by atoms with Crippen LogP contribution in [0.4, 0.5) is 0 Å². The Morgan fingerprint density at radius 2 is 1.43 bits per heavy atom. The second-order valence-corrected chi connectivity index (χ2v) is 1.02. The predicted molar refractivity (Wildman–Crippen MR) is 24.2 cm³/mol. The van der Waals surface area contributed by atoms with Gasteiger partial charge in [0, 0.05) is 34.8 Å². The molecule has 0 fully saturated rings. The Hall–Kier alpha value is -0.110. The number of aromatic nitrogens is 1. The summed E-state index contributed by atoms with van der Waals surface area (Å²) in [6, 6.07) is 5.72. The van der Waals surface area contributed by atoms with Crippen LogP contribution in [0.5, 0.6) is 0 Å². The summed E-state index contributed by atoms with van der Waals surface area (Å²) < 4.78 is 0. The zero-order chi connectivity index (χ0) is 4.24. The van der Waals surface area contributed by atoms with E-state index in [-0.39, 0.29) is 22.4 Å². The Morgan fingerprint density at radius 1 is 0.857 bits per heavy atom. The van der Waals surface area contributed by atoms with E-state index in [2.05, 4.69) is 4.98 Å². The fourth-order valence-corrected chi connectivity index (χ4v) is 0.313. The van der Waals surface area contributed by atoms with Gasteiger partial charge in [-0.1, -0.05) is 6.07 Å². The van der Waals surface area contributed by atoms with Crippen molar-refractivity contribution in [1.29, 1.82) is 0 Å². The molecule has 0 aromatic carbocycles. The maximum Gasteiger partial charge on any atom is 0.0267 e. The second kappa shape index (κ2) is 4.06. The van der Waals surface area contributed by atoms with Crippen LogP contribution >= 0.6 is 0 Å². The maximum absolute atomic E-state index is 3.78. The molecule has 0 saturated carbocycles. The van der Waals surface area contributed by atoms with Crippen LogP contribution in [0.15, 0.2) is 30.6 Å². The summed E-state index contributed by atoms with van der Waals surface area (Å²) in [4.78, 5) is 3.78. The molecule has 0 amide bonds. The van der Waals surface area contributed by atoms with Crippen molar-refractivity contribution in [3.05, 3.63) is 30.6 Å². The molecule has 0 N–H and O–H groups in total. The first kappa shape index (κ1) is 6.89. The monoisotopic (exact) mass is 276 g/mol. The number of rotatable bonds is 0. The van der Waals surface area contributed by atoms with Crippen LogP contribution in [0.25, 0.3) is 0 Å². The Kier molecular flexibility index (Phi) is 4.00. The van der Waals surface area contributed by atoms with Crippen molar-refractivity contribution in [2.75, 3.05) is 0 Å². The van der Waals surface area contributed by atoms with Gasteiger partial charge in [-0.25, -0.2) is 0 Å². The molecule has 1 aromatic rings.